The van der Waals surface area contributed by atoms with Gasteiger partial charge in [-0.1, -0.05) is 37.3 Å². The van der Waals surface area contributed by atoms with Gasteiger partial charge in [0.1, 0.15) is 12.1 Å². The summed E-state index contributed by atoms with van der Waals surface area (Å²) in [6, 6.07) is 8.36. The quantitative estimate of drug-likeness (QED) is 0.673. The molecular weight excluding hydrogens is 268 g/mol. The first-order valence-electron chi connectivity index (χ1n) is 5.89. The van der Waals surface area contributed by atoms with Crippen LogP contribution in [0.25, 0.3) is 0 Å². The van der Waals surface area contributed by atoms with E-state index in [1.165, 1.54) is 0 Å². The maximum atomic E-state index is 12.4. The molecule has 100 valence electrons. The molecule has 19 heavy (non-hydrogen) atoms. The van der Waals surface area contributed by atoms with Crippen LogP contribution < -0.4 is 5.32 Å². The molecule has 0 spiro atoms. The fourth-order valence-corrected chi connectivity index (χ4v) is 2.38. The highest BCUT2D eigenvalue weighted by molar-refractivity contribution is 6.64. The van der Waals surface area contributed by atoms with E-state index in [2.05, 4.69) is 5.32 Å². The van der Waals surface area contributed by atoms with Crippen LogP contribution in [0.1, 0.15) is 18.9 Å². The highest BCUT2D eigenvalue weighted by Gasteiger charge is 2.51. The van der Waals surface area contributed by atoms with Gasteiger partial charge in [0.2, 0.25) is 5.24 Å². The first kappa shape index (κ1) is 13.5. The molecule has 0 aliphatic carbocycles. The summed E-state index contributed by atoms with van der Waals surface area (Å²) in [5, 5.41) is 1.92. The van der Waals surface area contributed by atoms with Gasteiger partial charge in [-0.2, -0.15) is 0 Å². The second-order valence-corrected chi connectivity index (χ2v) is 4.72. The molecule has 2 rings (SSSR count). The van der Waals surface area contributed by atoms with E-state index in [1.807, 2.05) is 6.07 Å². The molecule has 1 saturated heterocycles. The summed E-state index contributed by atoms with van der Waals surface area (Å²) < 4.78 is 0. The lowest BCUT2D eigenvalue weighted by Crippen LogP contribution is -2.43. The number of carbonyl (C=O) groups excluding carboxylic acids is 3. The molecule has 1 heterocycles. The topological polar surface area (TPSA) is 66.5 Å². The number of halogens is 1. The summed E-state index contributed by atoms with van der Waals surface area (Å²) in [6.07, 6.45) is 0.397. The molecule has 1 fully saturated rings. The van der Waals surface area contributed by atoms with Crippen LogP contribution in [0.4, 0.5) is 4.79 Å². The third-order valence-corrected chi connectivity index (χ3v) is 3.37. The lowest BCUT2D eigenvalue weighted by molar-refractivity contribution is -0.133. The zero-order chi connectivity index (χ0) is 14.0. The number of carbonyl (C=O) groups is 3. The molecule has 1 aliphatic heterocycles. The van der Waals surface area contributed by atoms with E-state index in [-0.39, 0.29) is 0 Å². The Labute approximate surface area is 115 Å². The van der Waals surface area contributed by atoms with Crippen molar-refractivity contribution in [3.05, 3.63) is 35.9 Å². The van der Waals surface area contributed by atoms with Crippen LogP contribution >= 0.6 is 11.6 Å². The Morgan fingerprint density at radius 3 is 2.47 bits per heavy atom. The van der Waals surface area contributed by atoms with Gasteiger partial charge in [0.25, 0.3) is 5.91 Å². The summed E-state index contributed by atoms with van der Waals surface area (Å²) in [5.41, 5.74) is -0.412. The third kappa shape index (κ3) is 2.21. The van der Waals surface area contributed by atoms with Gasteiger partial charge in [-0.3, -0.25) is 14.5 Å². The number of nitrogens with one attached hydrogen (secondary N) is 1. The minimum atomic E-state index is -1.11. The molecule has 0 aromatic heterocycles. The summed E-state index contributed by atoms with van der Waals surface area (Å²) in [5.74, 6) is -0.444. The van der Waals surface area contributed by atoms with Gasteiger partial charge in [-0.15, -0.1) is 0 Å². The van der Waals surface area contributed by atoms with Crippen LogP contribution in [0.5, 0.6) is 0 Å². The van der Waals surface area contributed by atoms with Crippen molar-refractivity contribution in [3.63, 3.8) is 0 Å². The van der Waals surface area contributed by atoms with E-state index in [9.17, 15) is 14.4 Å². The van der Waals surface area contributed by atoms with Gasteiger partial charge in [0.05, 0.1) is 0 Å². The van der Waals surface area contributed by atoms with Gasteiger partial charge in [-0.05, 0) is 23.6 Å². The SMILES string of the molecule is CC[C@]1(c2ccccc2)NC(=O)N(CC(=O)Cl)C1=O. The van der Waals surface area contributed by atoms with Gasteiger partial charge in [0, 0.05) is 0 Å². The molecule has 3 amide bonds. The molecule has 1 aliphatic rings. The Morgan fingerprint density at radius 1 is 1.32 bits per heavy atom. The maximum Gasteiger partial charge on any atom is 0.325 e. The lowest BCUT2D eigenvalue weighted by atomic mass is 9.87. The van der Waals surface area contributed by atoms with Crippen LogP contribution in [0.15, 0.2) is 30.3 Å². The molecular formula is C13H13ClN2O3. The number of urea groups is 1. The lowest BCUT2D eigenvalue weighted by Gasteiger charge is -2.25. The Hall–Kier alpha value is -1.88. The van der Waals surface area contributed by atoms with Gasteiger partial charge < -0.3 is 5.32 Å². The minimum Gasteiger partial charge on any atom is -0.319 e. The molecule has 1 atom stereocenters. The molecule has 0 saturated carbocycles. The molecule has 1 aromatic carbocycles. The fraction of sp³-hybridized carbons (Fsp3) is 0.308. The number of rotatable bonds is 4. The van der Waals surface area contributed by atoms with Crippen LogP contribution in [-0.2, 0) is 15.1 Å². The number of amides is 3. The summed E-state index contributed by atoms with van der Waals surface area (Å²) in [4.78, 5) is 36.1. The van der Waals surface area contributed by atoms with Crippen molar-refractivity contribution >= 4 is 28.8 Å². The number of benzene rings is 1. The number of nitrogens with zero attached hydrogens (tertiary/aromatic N) is 1. The van der Waals surface area contributed by atoms with Crippen molar-refractivity contribution in [2.45, 2.75) is 18.9 Å². The standard InChI is InChI=1S/C13H13ClN2O3/c1-2-13(9-6-4-3-5-7-9)11(18)16(8-10(14)17)12(19)15-13/h3-7H,2,8H2,1H3,(H,15,19)/t13-/m1/s1. The third-order valence-electron chi connectivity index (χ3n) is 3.26. The Balaban J connectivity index is 2.41. The van der Waals surface area contributed by atoms with Crippen LogP contribution in [0, 0.1) is 0 Å². The van der Waals surface area contributed by atoms with E-state index in [0.29, 0.717) is 12.0 Å². The highest BCUT2D eigenvalue weighted by atomic mass is 35.5. The van der Waals surface area contributed by atoms with Gasteiger partial charge >= 0.3 is 6.03 Å². The molecule has 1 aromatic rings. The van der Waals surface area contributed by atoms with Crippen molar-refractivity contribution in [1.82, 2.24) is 10.2 Å². The van der Waals surface area contributed by atoms with Crippen LogP contribution in [0.3, 0.4) is 0 Å². The average molecular weight is 281 g/mol. The van der Waals surface area contributed by atoms with Crippen LogP contribution in [-0.4, -0.2) is 28.6 Å². The number of imide groups is 1. The number of hydrogen-bond acceptors (Lipinski definition) is 3. The zero-order valence-electron chi connectivity index (χ0n) is 10.4. The normalized spacial score (nSPS) is 22.5. The maximum absolute atomic E-state index is 12.4. The van der Waals surface area contributed by atoms with Crippen LogP contribution in [0.2, 0.25) is 0 Å². The number of hydrogen-bond donors (Lipinski definition) is 1. The molecule has 6 heteroatoms. The summed E-state index contributed by atoms with van der Waals surface area (Å²) in [6.45, 7) is 1.39. The Kier molecular flexibility index (Phi) is 3.57. The Morgan fingerprint density at radius 2 is 1.95 bits per heavy atom. The van der Waals surface area contributed by atoms with Crippen molar-refractivity contribution in [1.29, 1.82) is 0 Å². The molecule has 0 radical (unpaired) electrons. The Bertz CT molecular complexity index is 532. The zero-order valence-corrected chi connectivity index (χ0v) is 11.1. The highest BCUT2D eigenvalue weighted by Crippen LogP contribution is 2.32. The first-order chi connectivity index (χ1) is 9.01. The summed E-state index contributed by atoms with van der Waals surface area (Å²) >= 11 is 5.26. The van der Waals surface area contributed by atoms with E-state index in [1.54, 1.807) is 31.2 Å². The van der Waals surface area contributed by atoms with Gasteiger partial charge in [0.15, 0.2) is 0 Å². The van der Waals surface area contributed by atoms with E-state index >= 15 is 0 Å². The molecule has 5 nitrogen and oxygen atoms in total. The first-order valence-corrected chi connectivity index (χ1v) is 6.27. The van der Waals surface area contributed by atoms with E-state index in [0.717, 1.165) is 4.90 Å². The molecule has 0 bridgehead atoms. The monoisotopic (exact) mass is 280 g/mol. The van der Waals surface area contributed by atoms with Crippen molar-refractivity contribution in [2.24, 2.45) is 0 Å². The van der Waals surface area contributed by atoms with Crippen molar-refractivity contribution in [2.75, 3.05) is 6.54 Å². The smallest absolute Gasteiger partial charge is 0.319 e. The predicted octanol–water partition coefficient (Wildman–Crippen LogP) is 1.61. The van der Waals surface area contributed by atoms with E-state index < -0.39 is 29.3 Å². The van der Waals surface area contributed by atoms with E-state index in [4.69, 9.17) is 11.6 Å². The fourth-order valence-electron chi connectivity index (χ4n) is 2.26. The van der Waals surface area contributed by atoms with Gasteiger partial charge in [-0.25, -0.2) is 4.79 Å². The second kappa shape index (κ2) is 5.01. The second-order valence-electron chi connectivity index (χ2n) is 4.30. The predicted molar refractivity (Wildman–Crippen MR) is 69.5 cm³/mol. The molecule has 0 unspecified atom stereocenters. The largest absolute Gasteiger partial charge is 0.325 e. The average Bonchev–Trinajstić information content (AvgIpc) is 2.64. The minimum absolute atomic E-state index is 0.397. The molecule has 1 N–H and O–H groups in total. The summed E-state index contributed by atoms with van der Waals surface area (Å²) in [7, 11) is 0. The van der Waals surface area contributed by atoms with Crippen molar-refractivity contribution < 1.29 is 14.4 Å². The van der Waals surface area contributed by atoms with Crippen molar-refractivity contribution in [3.8, 4) is 0 Å².